The fourth-order valence-corrected chi connectivity index (χ4v) is 4.12. The van der Waals surface area contributed by atoms with Crippen LogP contribution in [0, 0.1) is 6.92 Å². The predicted molar refractivity (Wildman–Crippen MR) is 114 cm³/mol. The summed E-state index contributed by atoms with van der Waals surface area (Å²) in [4.78, 5) is 30.3. The van der Waals surface area contributed by atoms with Crippen LogP contribution in [0.25, 0.3) is 5.65 Å². The summed E-state index contributed by atoms with van der Waals surface area (Å²) >= 11 is 12.1. The van der Waals surface area contributed by atoms with Gasteiger partial charge in [0.05, 0.1) is 10.6 Å². The fourth-order valence-electron chi connectivity index (χ4n) is 3.63. The van der Waals surface area contributed by atoms with Crippen molar-refractivity contribution in [3.05, 3.63) is 63.4 Å². The van der Waals surface area contributed by atoms with E-state index in [0.717, 1.165) is 31.2 Å². The largest absolute Gasteiger partial charge is 0.348 e. The second kappa shape index (κ2) is 8.05. The maximum absolute atomic E-state index is 13.1. The van der Waals surface area contributed by atoms with Crippen LogP contribution in [0.1, 0.15) is 52.1 Å². The van der Waals surface area contributed by atoms with E-state index in [9.17, 15) is 9.59 Å². The first kappa shape index (κ1) is 19.7. The monoisotopic (exact) mass is 430 g/mol. The number of fused-ring (bicyclic) bond motifs is 1. The number of nitrogens with one attached hydrogen (secondary N) is 2. The Bertz CT molecular complexity index is 1100. The van der Waals surface area contributed by atoms with E-state index in [0.29, 0.717) is 16.4 Å². The Kier molecular flexibility index (Phi) is 5.48. The predicted octanol–water partition coefficient (Wildman–Crippen LogP) is 4.87. The molecule has 3 aromatic rings. The van der Waals surface area contributed by atoms with Gasteiger partial charge in [-0.05, 0) is 49.6 Å². The van der Waals surface area contributed by atoms with Crippen LogP contribution in [-0.2, 0) is 0 Å². The molecule has 0 unspecified atom stereocenters. The number of halogens is 2. The number of carbonyl (C=O) groups is 2. The molecular weight excluding hydrogens is 411 g/mol. The van der Waals surface area contributed by atoms with Gasteiger partial charge in [0.25, 0.3) is 11.8 Å². The lowest BCUT2D eigenvalue weighted by molar-refractivity contribution is 0.0933. The Morgan fingerprint density at radius 1 is 1.10 bits per heavy atom. The highest BCUT2D eigenvalue weighted by Gasteiger charge is 2.25. The molecule has 0 aliphatic heterocycles. The van der Waals surface area contributed by atoms with Crippen LogP contribution >= 0.6 is 23.2 Å². The molecule has 1 aromatic carbocycles. The lowest BCUT2D eigenvalue weighted by atomic mass is 10.2. The Balaban J connectivity index is 1.70. The summed E-state index contributed by atoms with van der Waals surface area (Å²) in [5, 5.41) is 6.48. The minimum Gasteiger partial charge on any atom is -0.348 e. The van der Waals surface area contributed by atoms with E-state index in [1.165, 1.54) is 12.1 Å². The molecule has 4 rings (SSSR count). The van der Waals surface area contributed by atoms with E-state index in [4.69, 9.17) is 23.2 Å². The van der Waals surface area contributed by atoms with Gasteiger partial charge in [-0.2, -0.15) is 0 Å². The molecule has 2 N–H and O–H groups in total. The molecule has 1 aliphatic carbocycles. The minimum absolute atomic E-state index is 0.145. The third kappa shape index (κ3) is 4.09. The first-order valence-electron chi connectivity index (χ1n) is 9.48. The van der Waals surface area contributed by atoms with Crippen LogP contribution < -0.4 is 10.6 Å². The van der Waals surface area contributed by atoms with Gasteiger partial charge < -0.3 is 10.6 Å². The highest BCUT2D eigenvalue weighted by molar-refractivity contribution is 6.37. The van der Waals surface area contributed by atoms with Gasteiger partial charge in [-0.3, -0.25) is 14.0 Å². The van der Waals surface area contributed by atoms with Gasteiger partial charge in [0.2, 0.25) is 0 Å². The average Bonchev–Trinajstić information content (AvgIpc) is 3.28. The number of rotatable bonds is 4. The number of imidazole rings is 1. The van der Waals surface area contributed by atoms with Gasteiger partial charge in [0.1, 0.15) is 5.65 Å². The summed E-state index contributed by atoms with van der Waals surface area (Å²) < 4.78 is 1.71. The number of nitrogens with zero attached hydrogens (tertiary/aromatic N) is 2. The highest BCUT2D eigenvalue weighted by atomic mass is 35.5. The van der Waals surface area contributed by atoms with Crippen LogP contribution in [0.2, 0.25) is 10.0 Å². The first-order chi connectivity index (χ1) is 13.9. The summed E-state index contributed by atoms with van der Waals surface area (Å²) in [5.41, 5.74) is 2.11. The Morgan fingerprint density at radius 3 is 2.59 bits per heavy atom. The second-order valence-electron chi connectivity index (χ2n) is 7.28. The second-order valence-corrected chi connectivity index (χ2v) is 8.12. The number of benzene rings is 1. The van der Waals surface area contributed by atoms with Crippen molar-refractivity contribution in [1.82, 2.24) is 14.7 Å². The molecule has 150 valence electrons. The summed E-state index contributed by atoms with van der Waals surface area (Å²) in [7, 11) is 0. The zero-order valence-corrected chi connectivity index (χ0v) is 17.3. The summed E-state index contributed by atoms with van der Waals surface area (Å²) in [6.07, 6.45) is 5.97. The molecule has 0 radical (unpaired) electrons. The van der Waals surface area contributed by atoms with Crippen molar-refractivity contribution in [1.29, 1.82) is 0 Å². The zero-order chi connectivity index (χ0) is 20.5. The van der Waals surface area contributed by atoms with E-state index in [-0.39, 0.29) is 28.4 Å². The van der Waals surface area contributed by atoms with Crippen molar-refractivity contribution in [2.75, 3.05) is 5.32 Å². The topological polar surface area (TPSA) is 75.5 Å². The average molecular weight is 431 g/mol. The van der Waals surface area contributed by atoms with E-state index in [2.05, 4.69) is 15.6 Å². The Morgan fingerprint density at radius 2 is 1.86 bits per heavy atom. The molecule has 1 fully saturated rings. The van der Waals surface area contributed by atoms with E-state index in [1.54, 1.807) is 10.5 Å². The molecule has 29 heavy (non-hydrogen) atoms. The molecule has 0 saturated heterocycles. The highest BCUT2D eigenvalue weighted by Crippen LogP contribution is 2.25. The van der Waals surface area contributed by atoms with Crippen LogP contribution in [0.5, 0.6) is 0 Å². The van der Waals surface area contributed by atoms with Gasteiger partial charge in [0, 0.05) is 17.3 Å². The number of pyridine rings is 1. The molecule has 0 spiro atoms. The van der Waals surface area contributed by atoms with Gasteiger partial charge in [-0.25, -0.2) is 4.98 Å². The molecule has 2 amide bonds. The van der Waals surface area contributed by atoms with E-state index < -0.39 is 5.91 Å². The van der Waals surface area contributed by atoms with Crippen molar-refractivity contribution in [3.8, 4) is 0 Å². The maximum atomic E-state index is 13.1. The molecule has 0 bridgehead atoms. The van der Waals surface area contributed by atoms with Crippen LogP contribution in [-0.4, -0.2) is 27.2 Å². The van der Waals surface area contributed by atoms with E-state index in [1.807, 2.05) is 25.3 Å². The van der Waals surface area contributed by atoms with Gasteiger partial charge in [-0.15, -0.1) is 0 Å². The molecule has 1 saturated carbocycles. The molecule has 6 nitrogen and oxygen atoms in total. The van der Waals surface area contributed by atoms with Gasteiger partial charge >= 0.3 is 0 Å². The number of amides is 2. The molecule has 0 atom stereocenters. The molecular formula is C21H20Cl2N4O2. The summed E-state index contributed by atoms with van der Waals surface area (Å²) in [6.45, 7) is 1.93. The zero-order valence-electron chi connectivity index (χ0n) is 15.8. The standard InChI is InChI=1S/C21H20Cl2N4O2/c1-12-6-9-17-25-19(26-20(28)15-8-7-13(22)10-16(15)23)18(27(17)11-12)21(29)24-14-4-2-3-5-14/h6-11,14H,2-5H2,1H3,(H,24,29)(H,26,28). The van der Waals surface area contributed by atoms with Crippen LogP contribution in [0.3, 0.4) is 0 Å². The summed E-state index contributed by atoms with van der Waals surface area (Å²) in [5.74, 6) is -0.517. The SMILES string of the molecule is Cc1ccc2nc(NC(=O)c3ccc(Cl)cc3Cl)c(C(=O)NC3CCCC3)n2c1. The fraction of sp³-hybridized carbons (Fsp3) is 0.286. The van der Waals surface area contributed by atoms with Gasteiger partial charge in [0.15, 0.2) is 11.5 Å². The Hall–Kier alpha value is -2.57. The third-order valence-electron chi connectivity index (χ3n) is 5.08. The van der Waals surface area contributed by atoms with Gasteiger partial charge in [-0.1, -0.05) is 42.1 Å². The molecule has 8 heteroatoms. The minimum atomic E-state index is -0.457. The van der Waals surface area contributed by atoms with Crippen LogP contribution in [0.4, 0.5) is 5.82 Å². The van der Waals surface area contributed by atoms with E-state index >= 15 is 0 Å². The van der Waals surface area contributed by atoms with Crippen molar-refractivity contribution in [3.63, 3.8) is 0 Å². The van der Waals surface area contributed by atoms with Crippen molar-refractivity contribution in [2.45, 2.75) is 38.6 Å². The quantitative estimate of drug-likeness (QED) is 0.619. The number of anilines is 1. The van der Waals surface area contributed by atoms with Crippen molar-refractivity contribution >= 4 is 46.5 Å². The number of hydrogen-bond donors (Lipinski definition) is 2. The number of hydrogen-bond acceptors (Lipinski definition) is 3. The van der Waals surface area contributed by atoms with Crippen molar-refractivity contribution < 1.29 is 9.59 Å². The molecule has 2 aromatic heterocycles. The molecule has 1 aliphatic rings. The van der Waals surface area contributed by atoms with Crippen molar-refractivity contribution in [2.24, 2.45) is 0 Å². The lowest BCUT2D eigenvalue weighted by Gasteiger charge is -2.13. The first-order valence-corrected chi connectivity index (χ1v) is 10.2. The maximum Gasteiger partial charge on any atom is 0.272 e. The normalized spacial score (nSPS) is 14.3. The smallest absolute Gasteiger partial charge is 0.272 e. The Labute approximate surface area is 178 Å². The third-order valence-corrected chi connectivity index (χ3v) is 5.63. The number of aromatic nitrogens is 2. The molecule has 2 heterocycles. The number of aryl methyl sites for hydroxylation is 1. The lowest BCUT2D eigenvalue weighted by Crippen LogP contribution is -2.34. The summed E-state index contributed by atoms with van der Waals surface area (Å²) in [6, 6.07) is 8.49. The van der Waals surface area contributed by atoms with Crippen LogP contribution in [0.15, 0.2) is 36.5 Å². The number of carbonyl (C=O) groups excluding carboxylic acids is 2.